The summed E-state index contributed by atoms with van der Waals surface area (Å²) < 4.78 is 78.9. The largest absolute Gasteiger partial charge is 0.416 e. The molecule has 0 bridgehead atoms. The third-order valence-electron chi connectivity index (χ3n) is 7.91. The fraction of sp³-hybridized carbons (Fsp3) is 0.412. The van der Waals surface area contributed by atoms with E-state index in [0.717, 1.165) is 48.9 Å². The molecule has 268 valence electrons. The summed E-state index contributed by atoms with van der Waals surface area (Å²) in [6, 6.07) is 15.6. The minimum absolute atomic E-state index is 0.0114. The lowest BCUT2D eigenvalue weighted by molar-refractivity contribution is -0.143. The molecule has 1 saturated heterocycles. The van der Waals surface area contributed by atoms with Gasteiger partial charge in [-0.3, -0.25) is 9.69 Å². The molecule has 4 rings (SSSR count). The van der Waals surface area contributed by atoms with Crippen LogP contribution in [0.5, 0.6) is 0 Å². The van der Waals surface area contributed by atoms with Gasteiger partial charge in [0.1, 0.15) is 0 Å². The van der Waals surface area contributed by atoms with E-state index in [2.05, 4.69) is 20.4 Å². The number of benzene rings is 3. The molecule has 0 spiro atoms. The third-order valence-corrected chi connectivity index (χ3v) is 8.67. The number of piperazine rings is 1. The van der Waals surface area contributed by atoms with E-state index in [9.17, 15) is 35.9 Å². The van der Waals surface area contributed by atoms with E-state index in [1.165, 1.54) is 7.05 Å². The lowest BCUT2D eigenvalue weighted by atomic mass is 10.0. The SMILES string of the molecule is CNC(=O)NC(C)c1ccccc1N1CCN(CCCCN(C)C(=O)c2cc(C(F)(F)F)cc(C(F)(F)F)c2)CC1.Clc1ccccc1Cl. The fourth-order valence-corrected chi connectivity index (χ4v) is 5.50. The summed E-state index contributed by atoms with van der Waals surface area (Å²) in [6.07, 6.45) is -8.78. The minimum atomic E-state index is -5.01. The maximum atomic E-state index is 13.1. The lowest BCUT2D eigenvalue weighted by Gasteiger charge is -2.37. The van der Waals surface area contributed by atoms with Crippen molar-refractivity contribution in [1.82, 2.24) is 20.4 Å². The van der Waals surface area contributed by atoms with Crippen LogP contribution in [0, 0.1) is 0 Å². The average molecular weight is 735 g/mol. The summed E-state index contributed by atoms with van der Waals surface area (Å²) in [4.78, 5) is 30.1. The van der Waals surface area contributed by atoms with Crippen LogP contribution in [0.15, 0.2) is 66.7 Å². The molecule has 0 aliphatic carbocycles. The first-order valence-corrected chi connectivity index (χ1v) is 16.3. The summed E-state index contributed by atoms with van der Waals surface area (Å²) in [5, 5.41) is 6.67. The van der Waals surface area contributed by atoms with Crippen LogP contribution in [0.3, 0.4) is 0 Å². The average Bonchev–Trinajstić information content (AvgIpc) is 3.07. The molecule has 3 aromatic rings. The summed E-state index contributed by atoms with van der Waals surface area (Å²) in [6.45, 7) is 6.01. The Kier molecular flexibility index (Phi) is 14.5. The van der Waals surface area contributed by atoms with Gasteiger partial charge in [-0.25, -0.2) is 4.79 Å². The van der Waals surface area contributed by atoms with Crippen molar-refractivity contribution >= 4 is 40.8 Å². The highest BCUT2D eigenvalue weighted by Gasteiger charge is 2.37. The first kappa shape index (κ1) is 39.8. The summed E-state index contributed by atoms with van der Waals surface area (Å²) >= 11 is 11.2. The zero-order chi connectivity index (χ0) is 36.4. The molecule has 15 heteroatoms. The molecule has 1 heterocycles. The van der Waals surface area contributed by atoms with Crippen molar-refractivity contribution in [3.05, 3.63) is 99.0 Å². The normalized spacial score (nSPS) is 14.4. The monoisotopic (exact) mass is 733 g/mol. The number of unbranched alkanes of at least 4 members (excludes halogenated alkanes) is 1. The predicted molar refractivity (Wildman–Crippen MR) is 180 cm³/mol. The van der Waals surface area contributed by atoms with Crippen molar-refractivity contribution in [3.63, 3.8) is 0 Å². The van der Waals surface area contributed by atoms with Gasteiger partial charge in [-0.15, -0.1) is 0 Å². The summed E-state index contributed by atoms with van der Waals surface area (Å²) in [7, 11) is 2.93. The number of para-hydroxylation sites is 1. The highest BCUT2D eigenvalue weighted by atomic mass is 35.5. The van der Waals surface area contributed by atoms with Crippen LogP contribution in [-0.2, 0) is 12.4 Å². The number of nitrogens with one attached hydrogen (secondary N) is 2. The van der Waals surface area contributed by atoms with Gasteiger partial charge in [0, 0.05) is 58.1 Å². The van der Waals surface area contributed by atoms with Gasteiger partial charge in [0.25, 0.3) is 5.91 Å². The number of alkyl halides is 6. The van der Waals surface area contributed by atoms with Gasteiger partial charge in [-0.05, 0) is 68.3 Å². The second-order valence-electron chi connectivity index (χ2n) is 11.5. The molecule has 3 aromatic carbocycles. The maximum Gasteiger partial charge on any atom is 0.416 e. The maximum absolute atomic E-state index is 13.1. The zero-order valence-electron chi connectivity index (χ0n) is 27.3. The van der Waals surface area contributed by atoms with Gasteiger partial charge >= 0.3 is 18.4 Å². The Labute approximate surface area is 292 Å². The molecule has 1 unspecified atom stereocenters. The van der Waals surface area contributed by atoms with Gasteiger partial charge < -0.3 is 20.4 Å². The van der Waals surface area contributed by atoms with Gasteiger partial charge in [0.05, 0.1) is 27.2 Å². The number of carbonyl (C=O) groups is 2. The summed E-state index contributed by atoms with van der Waals surface area (Å²) in [5.41, 5.74) is -1.60. The van der Waals surface area contributed by atoms with E-state index in [0.29, 0.717) is 35.0 Å². The van der Waals surface area contributed by atoms with Gasteiger partial charge in [-0.2, -0.15) is 26.3 Å². The third kappa shape index (κ3) is 12.0. The molecule has 2 N–H and O–H groups in total. The summed E-state index contributed by atoms with van der Waals surface area (Å²) in [5.74, 6) is -0.894. The van der Waals surface area contributed by atoms with Gasteiger partial charge in [-0.1, -0.05) is 53.5 Å². The van der Waals surface area contributed by atoms with Crippen molar-refractivity contribution in [2.45, 2.75) is 38.2 Å². The van der Waals surface area contributed by atoms with Crippen LogP contribution < -0.4 is 15.5 Å². The number of urea groups is 1. The Morgan fingerprint density at radius 2 is 1.37 bits per heavy atom. The second kappa shape index (κ2) is 17.8. The number of halogens is 8. The lowest BCUT2D eigenvalue weighted by Crippen LogP contribution is -2.47. The molecule has 0 saturated carbocycles. The number of rotatable bonds is 9. The van der Waals surface area contributed by atoms with Crippen molar-refractivity contribution in [2.24, 2.45) is 0 Å². The topological polar surface area (TPSA) is 67.9 Å². The molecule has 49 heavy (non-hydrogen) atoms. The first-order valence-electron chi connectivity index (χ1n) is 15.5. The standard InChI is InChI=1S/C28H35F6N5O2.C6H4Cl2/c1-19(36-26(41)35-2)23-8-4-5-9-24(23)39-14-12-38(13-15-39)11-7-6-10-37(3)25(40)20-16-21(27(29,30)31)18-22(17-20)28(32,33)34;7-5-3-1-2-4-6(5)8/h4-5,8-9,16-19H,6-7,10-15H2,1-3H3,(H2,35,36,41);1-4H. The van der Waals surface area contributed by atoms with Crippen LogP contribution >= 0.6 is 23.2 Å². The van der Waals surface area contributed by atoms with E-state index >= 15 is 0 Å². The van der Waals surface area contributed by atoms with E-state index < -0.39 is 35.0 Å². The number of amides is 3. The van der Waals surface area contributed by atoms with Crippen molar-refractivity contribution in [2.75, 3.05) is 58.3 Å². The Morgan fingerprint density at radius 3 is 1.88 bits per heavy atom. The second-order valence-corrected chi connectivity index (χ2v) is 12.3. The molecular weight excluding hydrogens is 695 g/mol. The Balaban J connectivity index is 0.000000710. The quantitative estimate of drug-likeness (QED) is 0.171. The van der Waals surface area contributed by atoms with Gasteiger partial charge in [0.15, 0.2) is 0 Å². The molecule has 3 amide bonds. The van der Waals surface area contributed by atoms with Crippen LogP contribution in [0.4, 0.5) is 36.8 Å². The van der Waals surface area contributed by atoms with E-state index in [1.807, 2.05) is 43.3 Å². The molecule has 1 aliphatic rings. The number of anilines is 1. The van der Waals surface area contributed by atoms with E-state index in [1.54, 1.807) is 19.2 Å². The first-order chi connectivity index (χ1) is 23.0. The molecular formula is C34H39Cl2F6N5O2. The highest BCUT2D eigenvalue weighted by molar-refractivity contribution is 6.41. The fourth-order valence-electron chi connectivity index (χ4n) is 5.22. The van der Waals surface area contributed by atoms with Gasteiger partial charge in [0.2, 0.25) is 0 Å². The smallest absolute Gasteiger partial charge is 0.369 e. The predicted octanol–water partition coefficient (Wildman–Crippen LogP) is 8.38. The Morgan fingerprint density at radius 1 is 0.837 bits per heavy atom. The van der Waals surface area contributed by atoms with Crippen LogP contribution in [0.1, 0.15) is 52.9 Å². The molecule has 7 nitrogen and oxygen atoms in total. The number of hydrogen-bond acceptors (Lipinski definition) is 4. The Bertz CT molecular complexity index is 1490. The number of nitrogens with zero attached hydrogens (tertiary/aromatic N) is 3. The van der Waals surface area contributed by atoms with Crippen molar-refractivity contribution in [3.8, 4) is 0 Å². The number of carbonyl (C=O) groups excluding carboxylic acids is 2. The van der Waals surface area contributed by atoms with E-state index in [4.69, 9.17) is 23.2 Å². The zero-order valence-corrected chi connectivity index (χ0v) is 28.8. The van der Waals surface area contributed by atoms with Crippen LogP contribution in [-0.4, -0.2) is 75.1 Å². The number of hydrogen-bond donors (Lipinski definition) is 2. The minimum Gasteiger partial charge on any atom is -0.369 e. The van der Waals surface area contributed by atoms with Crippen LogP contribution in [0.2, 0.25) is 10.0 Å². The van der Waals surface area contributed by atoms with Crippen molar-refractivity contribution < 1.29 is 35.9 Å². The molecule has 0 aromatic heterocycles. The molecule has 1 atom stereocenters. The molecule has 1 fully saturated rings. The van der Waals surface area contributed by atoms with E-state index in [-0.39, 0.29) is 24.7 Å². The Hall–Kier alpha value is -3.68. The molecule has 0 radical (unpaired) electrons. The van der Waals surface area contributed by atoms with Crippen molar-refractivity contribution in [1.29, 1.82) is 0 Å². The highest BCUT2D eigenvalue weighted by Crippen LogP contribution is 2.36. The van der Waals surface area contributed by atoms with Crippen LogP contribution in [0.25, 0.3) is 0 Å². The molecule has 1 aliphatic heterocycles.